The maximum atomic E-state index is 11.7. The van der Waals surface area contributed by atoms with E-state index in [1.165, 1.54) is 0 Å². The first-order valence-corrected chi connectivity index (χ1v) is 4.87. The van der Waals surface area contributed by atoms with Crippen molar-refractivity contribution in [2.45, 2.75) is 20.5 Å². The molecule has 1 N–H and O–H groups in total. The lowest BCUT2D eigenvalue weighted by Crippen LogP contribution is -2.10. The van der Waals surface area contributed by atoms with Crippen molar-refractivity contribution < 1.29 is 9.90 Å². The lowest BCUT2D eigenvalue weighted by atomic mass is 9.97. The fourth-order valence-corrected chi connectivity index (χ4v) is 1.44. The zero-order valence-electron chi connectivity index (χ0n) is 8.25. The largest absolute Gasteiger partial charge is 0.392 e. The van der Waals surface area contributed by atoms with Crippen molar-refractivity contribution in [3.63, 3.8) is 0 Å². The molecule has 0 saturated heterocycles. The molecule has 0 amide bonds. The number of carbonyl (C=O) groups is 1. The van der Waals surface area contributed by atoms with E-state index < -0.39 is 0 Å². The summed E-state index contributed by atoms with van der Waals surface area (Å²) in [6, 6.07) is 4.95. The van der Waals surface area contributed by atoms with E-state index in [2.05, 4.69) is 0 Å². The van der Waals surface area contributed by atoms with E-state index in [9.17, 15) is 4.79 Å². The van der Waals surface area contributed by atoms with Crippen LogP contribution in [0.4, 0.5) is 0 Å². The van der Waals surface area contributed by atoms with Gasteiger partial charge in [-0.1, -0.05) is 25.4 Å². The Morgan fingerprint density at radius 3 is 2.64 bits per heavy atom. The number of carbonyl (C=O) groups excluding carboxylic acids is 1. The quantitative estimate of drug-likeness (QED) is 0.783. The van der Waals surface area contributed by atoms with E-state index in [1.807, 2.05) is 13.8 Å². The number of ketones is 1. The monoisotopic (exact) mass is 212 g/mol. The first-order chi connectivity index (χ1) is 6.56. The van der Waals surface area contributed by atoms with Gasteiger partial charge in [0, 0.05) is 16.5 Å². The maximum Gasteiger partial charge on any atom is 0.165 e. The van der Waals surface area contributed by atoms with Gasteiger partial charge in [-0.3, -0.25) is 4.79 Å². The number of aliphatic hydroxyl groups excluding tert-OH is 1. The van der Waals surface area contributed by atoms with Crippen LogP contribution in [0.15, 0.2) is 18.2 Å². The summed E-state index contributed by atoms with van der Waals surface area (Å²) in [5.41, 5.74) is 1.16. The van der Waals surface area contributed by atoms with Crippen molar-refractivity contribution in [2.75, 3.05) is 0 Å². The SMILES string of the molecule is CC(C)C(=O)c1ccc(Cl)cc1CO. The van der Waals surface area contributed by atoms with Crippen LogP contribution in [-0.2, 0) is 6.61 Å². The van der Waals surface area contributed by atoms with Crippen LogP contribution in [0, 0.1) is 5.92 Å². The van der Waals surface area contributed by atoms with E-state index in [4.69, 9.17) is 16.7 Å². The van der Waals surface area contributed by atoms with Crippen molar-refractivity contribution >= 4 is 17.4 Å². The molecule has 0 aliphatic rings. The van der Waals surface area contributed by atoms with Crippen molar-refractivity contribution in [3.8, 4) is 0 Å². The van der Waals surface area contributed by atoms with Crippen molar-refractivity contribution in [1.82, 2.24) is 0 Å². The molecular formula is C11H13ClO2. The Morgan fingerprint density at radius 2 is 2.14 bits per heavy atom. The summed E-state index contributed by atoms with van der Waals surface area (Å²) in [4.78, 5) is 11.7. The van der Waals surface area contributed by atoms with Gasteiger partial charge in [0.1, 0.15) is 0 Å². The van der Waals surface area contributed by atoms with Gasteiger partial charge in [0.2, 0.25) is 0 Å². The highest BCUT2D eigenvalue weighted by Gasteiger charge is 2.14. The van der Waals surface area contributed by atoms with Gasteiger partial charge in [0.25, 0.3) is 0 Å². The Balaban J connectivity index is 3.14. The highest BCUT2D eigenvalue weighted by atomic mass is 35.5. The minimum absolute atomic E-state index is 0.0331. The van der Waals surface area contributed by atoms with Crippen LogP contribution in [0.25, 0.3) is 0 Å². The molecule has 0 aliphatic carbocycles. The van der Waals surface area contributed by atoms with E-state index >= 15 is 0 Å². The van der Waals surface area contributed by atoms with Crippen LogP contribution in [0.2, 0.25) is 5.02 Å². The highest BCUT2D eigenvalue weighted by Crippen LogP contribution is 2.19. The third kappa shape index (κ3) is 2.34. The lowest BCUT2D eigenvalue weighted by molar-refractivity contribution is 0.0936. The first kappa shape index (κ1) is 11.2. The smallest absolute Gasteiger partial charge is 0.165 e. The number of Topliss-reactive ketones (excluding diaryl/α,β-unsaturated/α-hetero) is 1. The molecule has 1 aromatic carbocycles. The number of rotatable bonds is 3. The molecule has 2 nitrogen and oxygen atoms in total. The van der Waals surface area contributed by atoms with Gasteiger partial charge in [-0.25, -0.2) is 0 Å². The summed E-state index contributed by atoms with van der Waals surface area (Å²) < 4.78 is 0. The van der Waals surface area contributed by atoms with Gasteiger partial charge in [0.05, 0.1) is 6.61 Å². The van der Waals surface area contributed by atoms with Crippen LogP contribution in [0.1, 0.15) is 29.8 Å². The van der Waals surface area contributed by atoms with Crippen molar-refractivity contribution in [2.24, 2.45) is 5.92 Å². The molecule has 1 aromatic rings. The standard InChI is InChI=1S/C11H13ClO2/c1-7(2)11(14)10-4-3-9(12)5-8(10)6-13/h3-5,7,13H,6H2,1-2H3. The number of halogens is 1. The normalized spacial score (nSPS) is 10.6. The van der Waals surface area contributed by atoms with Crippen molar-refractivity contribution in [1.29, 1.82) is 0 Å². The minimum atomic E-state index is -0.158. The summed E-state index contributed by atoms with van der Waals surface area (Å²) in [7, 11) is 0. The fourth-order valence-electron chi connectivity index (χ4n) is 1.24. The molecule has 0 heterocycles. The van der Waals surface area contributed by atoms with Crippen LogP contribution in [0.3, 0.4) is 0 Å². The topological polar surface area (TPSA) is 37.3 Å². The van der Waals surface area contributed by atoms with Gasteiger partial charge in [0.15, 0.2) is 5.78 Å². The van der Waals surface area contributed by atoms with Crippen LogP contribution < -0.4 is 0 Å². The third-order valence-electron chi connectivity index (χ3n) is 2.03. The van der Waals surface area contributed by atoms with E-state index in [0.29, 0.717) is 16.1 Å². The molecule has 0 saturated carbocycles. The Kier molecular flexibility index (Phi) is 3.67. The number of benzene rings is 1. The molecule has 0 radical (unpaired) electrons. The van der Waals surface area contributed by atoms with Crippen molar-refractivity contribution in [3.05, 3.63) is 34.3 Å². The van der Waals surface area contributed by atoms with Gasteiger partial charge in [-0.05, 0) is 23.8 Å². The zero-order valence-corrected chi connectivity index (χ0v) is 9.01. The molecule has 0 bridgehead atoms. The minimum Gasteiger partial charge on any atom is -0.392 e. The summed E-state index contributed by atoms with van der Waals surface area (Å²) in [6.07, 6.45) is 0. The van der Waals surface area contributed by atoms with Crippen LogP contribution >= 0.6 is 11.6 Å². The number of hydrogen-bond donors (Lipinski definition) is 1. The Bertz CT molecular complexity index is 345. The molecule has 76 valence electrons. The van der Waals surface area contributed by atoms with E-state index in [0.717, 1.165) is 0 Å². The average Bonchev–Trinajstić information content (AvgIpc) is 2.16. The van der Waals surface area contributed by atoms with Gasteiger partial charge in [-0.15, -0.1) is 0 Å². The summed E-state index contributed by atoms with van der Waals surface area (Å²) in [6.45, 7) is 3.50. The molecule has 3 heteroatoms. The van der Waals surface area contributed by atoms with E-state index in [-0.39, 0.29) is 18.3 Å². The second-order valence-electron chi connectivity index (χ2n) is 3.48. The van der Waals surface area contributed by atoms with E-state index in [1.54, 1.807) is 18.2 Å². The molecule has 0 unspecified atom stereocenters. The second kappa shape index (κ2) is 4.58. The summed E-state index contributed by atoms with van der Waals surface area (Å²) >= 11 is 5.76. The summed E-state index contributed by atoms with van der Waals surface area (Å²) in [5, 5.41) is 9.60. The lowest BCUT2D eigenvalue weighted by Gasteiger charge is -2.08. The molecule has 0 spiro atoms. The average molecular weight is 213 g/mol. The van der Waals surface area contributed by atoms with Crippen LogP contribution in [-0.4, -0.2) is 10.9 Å². The Morgan fingerprint density at radius 1 is 1.50 bits per heavy atom. The predicted octanol–water partition coefficient (Wildman–Crippen LogP) is 2.67. The molecule has 0 aromatic heterocycles. The maximum absolute atomic E-state index is 11.7. The first-order valence-electron chi connectivity index (χ1n) is 4.49. The van der Waals surface area contributed by atoms with Gasteiger partial charge >= 0.3 is 0 Å². The molecule has 1 rings (SSSR count). The number of hydrogen-bond acceptors (Lipinski definition) is 2. The molecule has 14 heavy (non-hydrogen) atoms. The zero-order chi connectivity index (χ0) is 10.7. The second-order valence-corrected chi connectivity index (χ2v) is 3.91. The summed E-state index contributed by atoms with van der Waals surface area (Å²) in [5.74, 6) is -0.0350. The highest BCUT2D eigenvalue weighted by molar-refractivity contribution is 6.30. The number of aliphatic hydroxyl groups is 1. The fraction of sp³-hybridized carbons (Fsp3) is 0.364. The Hall–Kier alpha value is -0.860. The van der Waals surface area contributed by atoms with Gasteiger partial charge in [-0.2, -0.15) is 0 Å². The molecular weight excluding hydrogens is 200 g/mol. The predicted molar refractivity (Wildman–Crippen MR) is 56.5 cm³/mol. The Labute approximate surface area is 88.5 Å². The van der Waals surface area contributed by atoms with Crippen LogP contribution in [0.5, 0.6) is 0 Å². The molecule has 0 atom stereocenters. The molecule has 0 aliphatic heterocycles. The third-order valence-corrected chi connectivity index (χ3v) is 2.26. The molecule has 0 fully saturated rings. The van der Waals surface area contributed by atoms with Gasteiger partial charge < -0.3 is 5.11 Å².